The van der Waals surface area contributed by atoms with Gasteiger partial charge in [-0.1, -0.05) is 25.1 Å². The fourth-order valence-electron chi connectivity index (χ4n) is 2.85. The third-order valence-electron chi connectivity index (χ3n) is 4.39. The van der Waals surface area contributed by atoms with Crippen molar-refractivity contribution in [3.63, 3.8) is 0 Å². The van der Waals surface area contributed by atoms with Gasteiger partial charge in [0.25, 0.3) is 0 Å². The SMILES string of the molecule is CC[C@H](CNC(=O)N1CCC[C@@H](CO)C1)Oc1ccccc1C. The van der Waals surface area contributed by atoms with E-state index in [1.54, 1.807) is 4.90 Å². The number of hydrogen-bond acceptors (Lipinski definition) is 3. The summed E-state index contributed by atoms with van der Waals surface area (Å²) < 4.78 is 6.00. The van der Waals surface area contributed by atoms with Crippen molar-refractivity contribution in [2.24, 2.45) is 5.92 Å². The monoisotopic (exact) mass is 320 g/mol. The van der Waals surface area contributed by atoms with Crippen LogP contribution in [-0.2, 0) is 0 Å². The molecule has 1 aromatic rings. The van der Waals surface area contributed by atoms with E-state index < -0.39 is 0 Å². The number of para-hydroxylation sites is 1. The Hall–Kier alpha value is -1.75. The topological polar surface area (TPSA) is 61.8 Å². The van der Waals surface area contributed by atoms with Crippen molar-refractivity contribution in [2.75, 3.05) is 26.2 Å². The van der Waals surface area contributed by atoms with Crippen molar-refractivity contribution in [1.29, 1.82) is 0 Å². The van der Waals surface area contributed by atoms with Gasteiger partial charge in [0.05, 0.1) is 6.54 Å². The lowest BCUT2D eigenvalue weighted by molar-refractivity contribution is 0.125. The number of nitrogens with zero attached hydrogens (tertiary/aromatic N) is 1. The van der Waals surface area contributed by atoms with Gasteiger partial charge in [-0.25, -0.2) is 4.79 Å². The van der Waals surface area contributed by atoms with Crippen LogP contribution < -0.4 is 10.1 Å². The Morgan fingerprint density at radius 2 is 2.26 bits per heavy atom. The number of aliphatic hydroxyl groups is 1. The molecule has 0 unspecified atom stereocenters. The molecule has 1 aliphatic heterocycles. The summed E-state index contributed by atoms with van der Waals surface area (Å²) in [4.78, 5) is 14.1. The number of piperidine rings is 1. The highest BCUT2D eigenvalue weighted by atomic mass is 16.5. The van der Waals surface area contributed by atoms with Gasteiger partial charge < -0.3 is 20.1 Å². The van der Waals surface area contributed by atoms with Gasteiger partial charge in [-0.15, -0.1) is 0 Å². The van der Waals surface area contributed by atoms with Gasteiger partial charge >= 0.3 is 6.03 Å². The maximum atomic E-state index is 12.3. The van der Waals surface area contributed by atoms with E-state index in [4.69, 9.17) is 4.74 Å². The van der Waals surface area contributed by atoms with Crippen LogP contribution in [0.15, 0.2) is 24.3 Å². The number of ether oxygens (including phenoxy) is 1. The molecule has 2 atom stereocenters. The van der Waals surface area contributed by atoms with E-state index in [2.05, 4.69) is 12.2 Å². The Kier molecular flexibility index (Phi) is 6.71. The summed E-state index contributed by atoms with van der Waals surface area (Å²) in [5.74, 6) is 1.08. The molecule has 1 heterocycles. The molecular weight excluding hydrogens is 292 g/mol. The second-order valence-electron chi connectivity index (χ2n) is 6.24. The molecule has 1 aromatic carbocycles. The maximum absolute atomic E-state index is 12.3. The zero-order valence-corrected chi connectivity index (χ0v) is 14.1. The second kappa shape index (κ2) is 8.77. The summed E-state index contributed by atoms with van der Waals surface area (Å²) in [7, 11) is 0. The van der Waals surface area contributed by atoms with Crippen LogP contribution in [0.3, 0.4) is 0 Å². The van der Waals surface area contributed by atoms with Crippen LogP contribution in [0.5, 0.6) is 5.75 Å². The molecule has 23 heavy (non-hydrogen) atoms. The summed E-state index contributed by atoms with van der Waals surface area (Å²) in [6.07, 6.45) is 2.73. The first-order valence-electron chi connectivity index (χ1n) is 8.50. The lowest BCUT2D eigenvalue weighted by Gasteiger charge is -2.32. The first kappa shape index (κ1) is 17.6. The Balaban J connectivity index is 1.83. The highest BCUT2D eigenvalue weighted by Crippen LogP contribution is 2.19. The van der Waals surface area contributed by atoms with E-state index >= 15 is 0 Å². The molecule has 2 N–H and O–H groups in total. The van der Waals surface area contributed by atoms with Crippen molar-refractivity contribution in [2.45, 2.75) is 39.2 Å². The average molecular weight is 320 g/mol. The minimum atomic E-state index is -0.0602. The zero-order valence-electron chi connectivity index (χ0n) is 14.1. The predicted octanol–water partition coefficient (Wildman–Crippen LogP) is 2.57. The van der Waals surface area contributed by atoms with Gasteiger partial charge in [0.1, 0.15) is 11.9 Å². The molecule has 0 bridgehead atoms. The molecule has 2 amide bonds. The largest absolute Gasteiger partial charge is 0.488 e. The van der Waals surface area contributed by atoms with Gasteiger partial charge in [0.2, 0.25) is 0 Å². The van der Waals surface area contributed by atoms with Crippen LogP contribution in [0, 0.1) is 12.8 Å². The fraction of sp³-hybridized carbons (Fsp3) is 0.611. The number of aryl methyl sites for hydroxylation is 1. The maximum Gasteiger partial charge on any atom is 0.317 e. The number of amides is 2. The molecule has 0 spiro atoms. The number of rotatable bonds is 6. The smallest absolute Gasteiger partial charge is 0.317 e. The number of nitrogens with one attached hydrogen (secondary N) is 1. The fourth-order valence-corrected chi connectivity index (χ4v) is 2.85. The first-order chi connectivity index (χ1) is 11.1. The Labute approximate surface area is 138 Å². The average Bonchev–Trinajstić information content (AvgIpc) is 2.59. The van der Waals surface area contributed by atoms with Crippen LogP contribution in [0.2, 0.25) is 0 Å². The van der Waals surface area contributed by atoms with Gasteiger partial charge in [-0.05, 0) is 43.7 Å². The van der Waals surface area contributed by atoms with Crippen LogP contribution in [0.1, 0.15) is 31.7 Å². The van der Waals surface area contributed by atoms with E-state index in [9.17, 15) is 9.90 Å². The number of urea groups is 1. The van der Waals surface area contributed by atoms with Crippen LogP contribution in [-0.4, -0.2) is 48.4 Å². The summed E-state index contributed by atoms with van der Waals surface area (Å²) in [6, 6.07) is 7.85. The number of carbonyl (C=O) groups is 1. The molecule has 128 valence electrons. The second-order valence-corrected chi connectivity index (χ2v) is 6.24. The quantitative estimate of drug-likeness (QED) is 0.847. The highest BCUT2D eigenvalue weighted by molar-refractivity contribution is 5.74. The van der Waals surface area contributed by atoms with Crippen LogP contribution >= 0.6 is 0 Å². The summed E-state index contributed by atoms with van der Waals surface area (Å²) in [6.45, 7) is 6.11. The molecule has 0 aromatic heterocycles. The van der Waals surface area contributed by atoms with E-state index in [0.717, 1.165) is 37.1 Å². The molecule has 1 aliphatic rings. The van der Waals surface area contributed by atoms with E-state index in [0.29, 0.717) is 13.1 Å². The molecule has 0 aliphatic carbocycles. The molecule has 2 rings (SSSR count). The summed E-state index contributed by atoms with van der Waals surface area (Å²) in [5, 5.41) is 12.2. The third kappa shape index (κ3) is 5.13. The minimum absolute atomic E-state index is 0.0431. The van der Waals surface area contributed by atoms with E-state index in [1.165, 1.54) is 0 Å². The van der Waals surface area contributed by atoms with Crippen LogP contribution in [0.4, 0.5) is 4.79 Å². The molecule has 1 saturated heterocycles. The van der Waals surface area contributed by atoms with E-state index in [-0.39, 0.29) is 24.7 Å². The Bertz CT molecular complexity index is 507. The van der Waals surface area contributed by atoms with Crippen molar-refractivity contribution in [1.82, 2.24) is 10.2 Å². The molecule has 5 heteroatoms. The number of hydrogen-bond donors (Lipinski definition) is 2. The Morgan fingerprint density at radius 3 is 2.96 bits per heavy atom. The number of carbonyl (C=O) groups excluding carboxylic acids is 1. The summed E-state index contributed by atoms with van der Waals surface area (Å²) in [5.41, 5.74) is 1.10. The zero-order chi connectivity index (χ0) is 16.7. The predicted molar refractivity (Wildman–Crippen MR) is 90.7 cm³/mol. The first-order valence-corrected chi connectivity index (χ1v) is 8.50. The van der Waals surface area contributed by atoms with Crippen molar-refractivity contribution >= 4 is 6.03 Å². The molecule has 0 radical (unpaired) electrons. The lowest BCUT2D eigenvalue weighted by Crippen LogP contribution is -2.48. The van der Waals surface area contributed by atoms with Crippen molar-refractivity contribution in [3.05, 3.63) is 29.8 Å². The standard InChI is InChI=1S/C18H28N2O3/c1-3-16(23-17-9-5-4-7-14(17)2)11-19-18(22)20-10-6-8-15(12-20)13-21/h4-5,7,9,15-16,21H,3,6,8,10-13H2,1-2H3,(H,19,22)/t15-,16-/m1/s1. The normalized spacial score (nSPS) is 19.3. The minimum Gasteiger partial charge on any atom is -0.488 e. The van der Waals surface area contributed by atoms with Crippen molar-refractivity contribution in [3.8, 4) is 5.75 Å². The van der Waals surface area contributed by atoms with Crippen LogP contribution in [0.25, 0.3) is 0 Å². The van der Waals surface area contributed by atoms with Crippen molar-refractivity contribution < 1.29 is 14.6 Å². The number of aliphatic hydroxyl groups excluding tert-OH is 1. The number of benzene rings is 1. The Morgan fingerprint density at radius 1 is 1.48 bits per heavy atom. The van der Waals surface area contributed by atoms with E-state index in [1.807, 2.05) is 31.2 Å². The van der Waals surface area contributed by atoms with Gasteiger partial charge in [0.15, 0.2) is 0 Å². The van der Waals surface area contributed by atoms with Gasteiger partial charge in [-0.3, -0.25) is 0 Å². The van der Waals surface area contributed by atoms with Gasteiger partial charge in [-0.2, -0.15) is 0 Å². The lowest BCUT2D eigenvalue weighted by atomic mass is 9.99. The molecule has 1 fully saturated rings. The third-order valence-corrected chi connectivity index (χ3v) is 4.39. The molecule has 5 nitrogen and oxygen atoms in total. The molecular formula is C18H28N2O3. The number of likely N-dealkylation sites (tertiary alicyclic amines) is 1. The highest BCUT2D eigenvalue weighted by Gasteiger charge is 2.23. The molecule has 0 saturated carbocycles. The van der Waals surface area contributed by atoms with Gasteiger partial charge in [0, 0.05) is 19.7 Å². The summed E-state index contributed by atoms with van der Waals surface area (Å²) >= 11 is 0.